The van der Waals surface area contributed by atoms with E-state index >= 15 is 0 Å². The second-order valence-corrected chi connectivity index (χ2v) is 6.29. The number of nitrogens with one attached hydrogen (secondary N) is 1. The second-order valence-electron chi connectivity index (χ2n) is 5.04. The van der Waals surface area contributed by atoms with Crippen molar-refractivity contribution in [2.75, 3.05) is 0 Å². The fourth-order valence-electron chi connectivity index (χ4n) is 1.87. The van der Waals surface area contributed by atoms with Crippen molar-refractivity contribution in [1.29, 1.82) is 0 Å². The summed E-state index contributed by atoms with van der Waals surface area (Å²) >= 11 is 17.9. The fourth-order valence-corrected chi connectivity index (χ4v) is 2.60. The Bertz CT molecular complexity index is 758. The van der Waals surface area contributed by atoms with E-state index in [9.17, 15) is 4.79 Å². The molecule has 7 heteroatoms. The van der Waals surface area contributed by atoms with E-state index < -0.39 is 12.0 Å². The topological polar surface area (TPSA) is 50.7 Å². The summed E-state index contributed by atoms with van der Waals surface area (Å²) in [6, 6.07) is 10.3. The summed E-state index contributed by atoms with van der Waals surface area (Å²) in [7, 11) is 0. The molecule has 0 aromatic heterocycles. The summed E-state index contributed by atoms with van der Waals surface area (Å²) in [5.41, 5.74) is 3.77. The maximum Gasteiger partial charge on any atom is 0.280 e. The van der Waals surface area contributed by atoms with Gasteiger partial charge in [-0.2, -0.15) is 5.10 Å². The van der Waals surface area contributed by atoms with Crippen LogP contribution in [0.3, 0.4) is 0 Å². The van der Waals surface area contributed by atoms with E-state index in [1.165, 1.54) is 6.21 Å². The van der Waals surface area contributed by atoms with Crippen LogP contribution in [0.2, 0.25) is 15.1 Å². The minimum Gasteiger partial charge on any atom is -0.481 e. The lowest BCUT2D eigenvalue weighted by Gasteiger charge is -2.15. The molecule has 0 heterocycles. The van der Waals surface area contributed by atoms with Gasteiger partial charge in [0.15, 0.2) is 6.10 Å². The Labute approximate surface area is 155 Å². The molecule has 2 aromatic carbocycles. The van der Waals surface area contributed by atoms with E-state index in [2.05, 4.69) is 10.5 Å². The van der Waals surface area contributed by atoms with Crippen LogP contribution in [-0.2, 0) is 4.79 Å². The third kappa shape index (κ3) is 4.87. The second kappa shape index (κ2) is 8.38. The Morgan fingerprint density at radius 2 is 1.88 bits per heavy atom. The van der Waals surface area contributed by atoms with Gasteiger partial charge in [0.05, 0.1) is 16.3 Å². The van der Waals surface area contributed by atoms with Crippen LogP contribution >= 0.6 is 34.8 Å². The van der Waals surface area contributed by atoms with Gasteiger partial charge in [-0.15, -0.1) is 0 Å². The molecule has 1 amide bonds. The Hall–Kier alpha value is -1.75. The van der Waals surface area contributed by atoms with Gasteiger partial charge in [0.2, 0.25) is 0 Å². The first-order valence-corrected chi connectivity index (χ1v) is 8.21. The summed E-state index contributed by atoms with van der Waals surface area (Å²) in [5, 5.41) is 5.37. The van der Waals surface area contributed by atoms with Crippen LogP contribution in [0.5, 0.6) is 5.75 Å². The van der Waals surface area contributed by atoms with Gasteiger partial charge in [0.25, 0.3) is 5.91 Å². The van der Waals surface area contributed by atoms with Crippen molar-refractivity contribution in [3.8, 4) is 5.75 Å². The van der Waals surface area contributed by atoms with Gasteiger partial charge in [-0.1, -0.05) is 40.9 Å². The predicted octanol–water partition coefficient (Wildman–Crippen LogP) is 4.87. The van der Waals surface area contributed by atoms with Crippen molar-refractivity contribution in [2.45, 2.75) is 20.0 Å². The number of hydrogen-bond donors (Lipinski definition) is 1. The average Bonchev–Trinajstić information content (AvgIpc) is 2.52. The van der Waals surface area contributed by atoms with E-state index in [1.54, 1.807) is 43.3 Å². The third-order valence-corrected chi connectivity index (χ3v) is 4.07. The molecule has 126 valence electrons. The Kier molecular flexibility index (Phi) is 6.49. The quantitative estimate of drug-likeness (QED) is 0.589. The van der Waals surface area contributed by atoms with Crippen molar-refractivity contribution in [3.05, 3.63) is 62.6 Å². The molecule has 24 heavy (non-hydrogen) atoms. The molecule has 0 bridgehead atoms. The van der Waals surface area contributed by atoms with Gasteiger partial charge in [-0.05, 0) is 49.7 Å². The number of ether oxygens (including phenoxy) is 1. The molecule has 0 spiro atoms. The van der Waals surface area contributed by atoms with Gasteiger partial charge in [-0.3, -0.25) is 4.79 Å². The van der Waals surface area contributed by atoms with E-state index in [4.69, 9.17) is 39.5 Å². The molecule has 0 aliphatic carbocycles. The lowest BCUT2D eigenvalue weighted by molar-refractivity contribution is -0.127. The largest absolute Gasteiger partial charge is 0.481 e. The predicted molar refractivity (Wildman–Crippen MR) is 98.5 cm³/mol. The fraction of sp³-hybridized carbons (Fsp3) is 0.176. The zero-order valence-corrected chi connectivity index (χ0v) is 15.3. The minimum atomic E-state index is -0.733. The van der Waals surface area contributed by atoms with Crippen molar-refractivity contribution in [3.63, 3.8) is 0 Å². The van der Waals surface area contributed by atoms with Gasteiger partial charge < -0.3 is 4.74 Å². The minimum absolute atomic E-state index is 0.399. The average molecular weight is 386 g/mol. The highest BCUT2D eigenvalue weighted by Crippen LogP contribution is 2.23. The first-order chi connectivity index (χ1) is 11.4. The molecule has 2 aromatic rings. The first kappa shape index (κ1) is 18.6. The number of hydrazone groups is 1. The van der Waals surface area contributed by atoms with Crippen LogP contribution in [0, 0.1) is 6.92 Å². The van der Waals surface area contributed by atoms with Gasteiger partial charge in [0, 0.05) is 10.6 Å². The molecule has 0 fully saturated rings. The van der Waals surface area contributed by atoms with Crippen molar-refractivity contribution >= 4 is 46.9 Å². The van der Waals surface area contributed by atoms with E-state index in [1.807, 2.05) is 6.92 Å². The number of hydrogen-bond acceptors (Lipinski definition) is 3. The molecule has 1 atom stereocenters. The van der Waals surface area contributed by atoms with Crippen LogP contribution in [-0.4, -0.2) is 18.2 Å². The highest BCUT2D eigenvalue weighted by molar-refractivity contribution is 6.38. The van der Waals surface area contributed by atoms with Crippen LogP contribution in [0.25, 0.3) is 0 Å². The number of halogens is 3. The number of carbonyl (C=O) groups is 1. The highest BCUT2D eigenvalue weighted by Gasteiger charge is 2.15. The zero-order valence-electron chi connectivity index (χ0n) is 13.0. The molecule has 0 saturated heterocycles. The van der Waals surface area contributed by atoms with E-state index in [0.29, 0.717) is 26.4 Å². The van der Waals surface area contributed by atoms with E-state index in [0.717, 1.165) is 5.56 Å². The summed E-state index contributed by atoms with van der Waals surface area (Å²) < 4.78 is 5.62. The third-order valence-electron chi connectivity index (χ3n) is 3.18. The van der Waals surface area contributed by atoms with E-state index in [-0.39, 0.29) is 0 Å². The van der Waals surface area contributed by atoms with Crippen LogP contribution in [0.1, 0.15) is 18.1 Å². The summed E-state index contributed by atoms with van der Waals surface area (Å²) in [6.07, 6.45) is 0.659. The van der Waals surface area contributed by atoms with Crippen molar-refractivity contribution < 1.29 is 9.53 Å². The number of amides is 1. The van der Waals surface area contributed by atoms with Crippen molar-refractivity contribution in [2.24, 2.45) is 5.10 Å². The molecule has 1 unspecified atom stereocenters. The Morgan fingerprint density at radius 1 is 1.21 bits per heavy atom. The molecule has 2 rings (SSSR count). The highest BCUT2D eigenvalue weighted by atomic mass is 35.5. The van der Waals surface area contributed by atoms with Gasteiger partial charge in [0.1, 0.15) is 5.75 Å². The van der Waals surface area contributed by atoms with Crippen LogP contribution in [0.15, 0.2) is 41.5 Å². The van der Waals surface area contributed by atoms with Gasteiger partial charge in [-0.25, -0.2) is 5.43 Å². The monoisotopic (exact) mass is 384 g/mol. The molecule has 0 aliphatic heterocycles. The smallest absolute Gasteiger partial charge is 0.280 e. The number of benzene rings is 2. The number of carbonyl (C=O) groups excluding carboxylic acids is 1. The normalized spacial score (nSPS) is 12.2. The number of rotatable bonds is 5. The summed E-state index contributed by atoms with van der Waals surface area (Å²) in [5.74, 6) is 0.184. The molecule has 4 nitrogen and oxygen atoms in total. The molecular formula is C17H15Cl3N2O2. The SMILES string of the molecule is Cc1cc(Cl)ccc1OC(C)C(=O)N/N=C/c1c(Cl)cccc1Cl. The molecule has 0 radical (unpaired) electrons. The molecule has 0 saturated carbocycles. The maximum absolute atomic E-state index is 12.0. The summed E-state index contributed by atoms with van der Waals surface area (Å²) in [6.45, 7) is 3.48. The molecule has 1 N–H and O–H groups in total. The Balaban J connectivity index is 1.98. The number of aryl methyl sites for hydroxylation is 1. The van der Waals surface area contributed by atoms with Crippen LogP contribution in [0.4, 0.5) is 0 Å². The standard InChI is InChI=1S/C17H15Cl3N2O2/c1-10-8-12(18)6-7-16(10)24-11(2)17(23)22-21-9-13-14(19)4-3-5-15(13)20/h3-9,11H,1-2H3,(H,22,23)/b21-9+. The molecule has 0 aliphatic rings. The van der Waals surface area contributed by atoms with Crippen LogP contribution < -0.4 is 10.2 Å². The first-order valence-electron chi connectivity index (χ1n) is 7.08. The van der Waals surface area contributed by atoms with Gasteiger partial charge >= 0.3 is 0 Å². The zero-order chi connectivity index (χ0) is 17.7. The lowest BCUT2D eigenvalue weighted by atomic mass is 10.2. The molecular weight excluding hydrogens is 371 g/mol. The summed E-state index contributed by atoms with van der Waals surface area (Å²) in [4.78, 5) is 12.0. The Morgan fingerprint density at radius 3 is 2.50 bits per heavy atom. The lowest BCUT2D eigenvalue weighted by Crippen LogP contribution is -2.33. The maximum atomic E-state index is 12.0. The van der Waals surface area contributed by atoms with Crippen molar-refractivity contribution in [1.82, 2.24) is 5.43 Å². The number of nitrogens with zero attached hydrogens (tertiary/aromatic N) is 1.